The Balaban J connectivity index is 2.56. The van der Waals surface area contributed by atoms with Crippen molar-refractivity contribution in [2.45, 2.75) is 26.3 Å². The largest absolute Gasteiger partial charge is 0.306 e. The molecule has 0 saturated heterocycles. The van der Waals surface area contributed by atoms with Crippen molar-refractivity contribution >= 4 is 11.6 Å². The van der Waals surface area contributed by atoms with E-state index in [9.17, 15) is 8.78 Å². The van der Waals surface area contributed by atoms with Gasteiger partial charge in [0.05, 0.1) is 11.1 Å². The van der Waals surface area contributed by atoms with E-state index in [1.54, 1.807) is 19.2 Å². The molecule has 0 radical (unpaired) electrons. The molecule has 0 aliphatic carbocycles. The fourth-order valence-electron chi connectivity index (χ4n) is 2.22. The van der Waals surface area contributed by atoms with E-state index in [-0.39, 0.29) is 5.56 Å². The average Bonchev–Trinajstić information content (AvgIpc) is 2.47. The van der Waals surface area contributed by atoms with Crippen LogP contribution in [0.5, 0.6) is 0 Å². The van der Waals surface area contributed by atoms with Crippen LogP contribution in [-0.2, 0) is 0 Å². The van der Waals surface area contributed by atoms with Crippen molar-refractivity contribution in [1.82, 2.24) is 10.3 Å². The van der Waals surface area contributed by atoms with Gasteiger partial charge in [0.2, 0.25) is 0 Å². The molecule has 0 fully saturated rings. The Morgan fingerprint density at radius 3 is 2.71 bits per heavy atom. The lowest BCUT2D eigenvalue weighted by Crippen LogP contribution is -2.26. The lowest BCUT2D eigenvalue weighted by atomic mass is 9.96. The molecule has 1 aromatic heterocycles. The fraction of sp³-hybridized carbons (Fsp3) is 0.312. The van der Waals surface area contributed by atoms with E-state index in [2.05, 4.69) is 10.3 Å². The molecule has 21 heavy (non-hydrogen) atoms. The van der Waals surface area contributed by atoms with Crippen molar-refractivity contribution in [3.8, 4) is 0 Å². The van der Waals surface area contributed by atoms with Crippen molar-refractivity contribution in [2.75, 3.05) is 6.54 Å². The molecule has 1 aromatic carbocycles. The predicted octanol–water partition coefficient (Wildman–Crippen LogP) is 4.41. The first-order valence-corrected chi connectivity index (χ1v) is 7.21. The maximum atomic E-state index is 14.4. The van der Waals surface area contributed by atoms with Gasteiger partial charge in [-0.3, -0.25) is 4.98 Å². The Kier molecular flexibility index (Phi) is 5.26. The Bertz CT molecular complexity index is 632. The van der Waals surface area contributed by atoms with Gasteiger partial charge in [-0.05, 0) is 43.1 Å². The summed E-state index contributed by atoms with van der Waals surface area (Å²) in [6.07, 6.45) is 3.88. The SMILES string of the molecule is CCCNC(c1ccncc1Cl)c1c(F)ccc(C)c1F. The third-order valence-corrected chi connectivity index (χ3v) is 3.64. The highest BCUT2D eigenvalue weighted by Gasteiger charge is 2.24. The molecule has 1 heterocycles. The van der Waals surface area contributed by atoms with E-state index < -0.39 is 17.7 Å². The van der Waals surface area contributed by atoms with E-state index >= 15 is 0 Å². The van der Waals surface area contributed by atoms with E-state index in [0.717, 1.165) is 6.42 Å². The van der Waals surface area contributed by atoms with Gasteiger partial charge in [-0.1, -0.05) is 24.6 Å². The summed E-state index contributed by atoms with van der Waals surface area (Å²) in [5.41, 5.74) is 1.01. The number of aryl methyl sites for hydroxylation is 1. The number of pyridine rings is 1. The number of benzene rings is 1. The highest BCUT2D eigenvalue weighted by atomic mass is 35.5. The van der Waals surface area contributed by atoms with Gasteiger partial charge in [0.15, 0.2) is 0 Å². The highest BCUT2D eigenvalue weighted by molar-refractivity contribution is 6.31. The van der Waals surface area contributed by atoms with Crippen LogP contribution in [0.3, 0.4) is 0 Å². The zero-order valence-corrected chi connectivity index (χ0v) is 12.7. The van der Waals surface area contributed by atoms with Crippen molar-refractivity contribution in [3.05, 3.63) is 63.9 Å². The van der Waals surface area contributed by atoms with Gasteiger partial charge in [-0.25, -0.2) is 8.78 Å². The second-order valence-corrected chi connectivity index (χ2v) is 5.28. The summed E-state index contributed by atoms with van der Waals surface area (Å²) in [5.74, 6) is -1.13. The van der Waals surface area contributed by atoms with Crippen LogP contribution < -0.4 is 5.32 Å². The molecule has 1 unspecified atom stereocenters. The molecule has 0 spiro atoms. The van der Waals surface area contributed by atoms with E-state index in [0.29, 0.717) is 22.7 Å². The molecule has 0 amide bonds. The van der Waals surface area contributed by atoms with Crippen LogP contribution in [0.15, 0.2) is 30.6 Å². The Hall–Kier alpha value is -1.52. The van der Waals surface area contributed by atoms with Crippen molar-refractivity contribution in [1.29, 1.82) is 0 Å². The third kappa shape index (κ3) is 3.39. The lowest BCUT2D eigenvalue weighted by molar-refractivity contribution is 0.499. The minimum Gasteiger partial charge on any atom is -0.306 e. The standard InChI is InChI=1S/C16H17ClF2N2/c1-3-7-21-16(11-6-8-20-9-12(11)17)14-13(18)5-4-10(2)15(14)19/h4-6,8-9,16,21H,3,7H2,1-2H3. The van der Waals surface area contributed by atoms with Gasteiger partial charge < -0.3 is 5.32 Å². The second-order valence-electron chi connectivity index (χ2n) is 4.88. The highest BCUT2D eigenvalue weighted by Crippen LogP contribution is 2.32. The smallest absolute Gasteiger partial charge is 0.134 e. The predicted molar refractivity (Wildman–Crippen MR) is 80.5 cm³/mol. The molecule has 0 saturated carbocycles. The lowest BCUT2D eigenvalue weighted by Gasteiger charge is -2.22. The van der Waals surface area contributed by atoms with Crippen molar-refractivity contribution in [2.24, 2.45) is 0 Å². The van der Waals surface area contributed by atoms with Crippen LogP contribution in [0.4, 0.5) is 8.78 Å². The van der Waals surface area contributed by atoms with E-state index in [1.165, 1.54) is 18.3 Å². The molecular formula is C16H17ClF2N2. The zero-order valence-electron chi connectivity index (χ0n) is 12.0. The topological polar surface area (TPSA) is 24.9 Å². The molecule has 0 bridgehead atoms. The number of nitrogens with one attached hydrogen (secondary N) is 1. The quantitative estimate of drug-likeness (QED) is 0.885. The molecule has 5 heteroatoms. The van der Waals surface area contributed by atoms with E-state index in [1.807, 2.05) is 6.92 Å². The molecule has 2 aromatic rings. The molecule has 2 rings (SSSR count). The number of hydrogen-bond donors (Lipinski definition) is 1. The van der Waals surface area contributed by atoms with Crippen LogP contribution in [0.1, 0.15) is 36.1 Å². The molecule has 0 aliphatic heterocycles. The molecule has 2 nitrogen and oxygen atoms in total. The Morgan fingerprint density at radius 2 is 2.05 bits per heavy atom. The van der Waals surface area contributed by atoms with Gasteiger partial charge in [0, 0.05) is 18.0 Å². The fourth-order valence-corrected chi connectivity index (χ4v) is 2.45. The normalized spacial score (nSPS) is 12.4. The van der Waals surface area contributed by atoms with Crippen molar-refractivity contribution in [3.63, 3.8) is 0 Å². The number of aromatic nitrogens is 1. The van der Waals surface area contributed by atoms with Gasteiger partial charge in [0.1, 0.15) is 11.6 Å². The zero-order chi connectivity index (χ0) is 15.4. The molecular weight excluding hydrogens is 294 g/mol. The van der Waals surface area contributed by atoms with Crippen LogP contribution in [0.2, 0.25) is 5.02 Å². The number of nitrogens with zero attached hydrogens (tertiary/aromatic N) is 1. The minimum atomic E-state index is -0.639. The first kappa shape index (κ1) is 15.9. The van der Waals surface area contributed by atoms with Crippen LogP contribution >= 0.6 is 11.6 Å². The minimum absolute atomic E-state index is 0.00319. The second kappa shape index (κ2) is 6.96. The average molecular weight is 311 g/mol. The van der Waals surface area contributed by atoms with Gasteiger partial charge in [-0.15, -0.1) is 0 Å². The molecule has 112 valence electrons. The van der Waals surface area contributed by atoms with Gasteiger partial charge in [-0.2, -0.15) is 0 Å². The summed E-state index contributed by atoms with van der Waals surface area (Å²) in [4.78, 5) is 3.92. The van der Waals surface area contributed by atoms with Crippen LogP contribution in [0.25, 0.3) is 0 Å². The summed E-state index contributed by atoms with van der Waals surface area (Å²) < 4.78 is 28.6. The summed E-state index contributed by atoms with van der Waals surface area (Å²) >= 11 is 6.14. The maximum Gasteiger partial charge on any atom is 0.134 e. The van der Waals surface area contributed by atoms with Gasteiger partial charge in [0.25, 0.3) is 0 Å². The third-order valence-electron chi connectivity index (χ3n) is 3.32. The number of hydrogen-bond acceptors (Lipinski definition) is 2. The summed E-state index contributed by atoms with van der Waals surface area (Å²) in [6.45, 7) is 4.22. The first-order chi connectivity index (χ1) is 10.1. The van der Waals surface area contributed by atoms with Crippen LogP contribution in [0, 0.1) is 18.6 Å². The summed E-state index contributed by atoms with van der Waals surface area (Å²) in [7, 11) is 0. The summed E-state index contributed by atoms with van der Waals surface area (Å²) in [6, 6.07) is 3.75. The summed E-state index contributed by atoms with van der Waals surface area (Å²) in [5, 5.41) is 3.54. The monoisotopic (exact) mass is 310 g/mol. The van der Waals surface area contributed by atoms with E-state index in [4.69, 9.17) is 11.6 Å². The molecule has 1 N–H and O–H groups in total. The van der Waals surface area contributed by atoms with Gasteiger partial charge >= 0.3 is 0 Å². The van der Waals surface area contributed by atoms with Crippen LogP contribution in [-0.4, -0.2) is 11.5 Å². The molecule has 1 atom stereocenters. The Labute approximate surface area is 128 Å². The maximum absolute atomic E-state index is 14.4. The Morgan fingerprint density at radius 1 is 1.29 bits per heavy atom. The number of rotatable bonds is 5. The van der Waals surface area contributed by atoms with Crippen molar-refractivity contribution < 1.29 is 8.78 Å². The molecule has 0 aliphatic rings. The first-order valence-electron chi connectivity index (χ1n) is 6.83. The number of halogens is 3.